The average Bonchev–Trinajstić information content (AvgIpc) is 3.28. The van der Waals surface area contributed by atoms with Gasteiger partial charge in [0, 0.05) is 22.1 Å². The van der Waals surface area contributed by atoms with Gasteiger partial charge in [-0.1, -0.05) is 97.1 Å². The second kappa shape index (κ2) is 17.0. The van der Waals surface area contributed by atoms with E-state index in [4.69, 9.17) is 9.47 Å². The van der Waals surface area contributed by atoms with Gasteiger partial charge in [0.25, 0.3) is 11.8 Å². The zero-order valence-electron chi connectivity index (χ0n) is 32.3. The highest BCUT2D eigenvalue weighted by atomic mass is 16.5. The van der Waals surface area contributed by atoms with Crippen LogP contribution in [0.1, 0.15) is 20.7 Å². The van der Waals surface area contributed by atoms with Crippen LogP contribution in [0.5, 0.6) is 23.0 Å². The average molecular weight is 793 g/mol. The molecule has 2 amide bonds. The number of carbonyl (C=O) groups is 2. The van der Waals surface area contributed by atoms with Crippen molar-refractivity contribution in [3.05, 3.63) is 169 Å². The molecule has 0 heterocycles. The highest BCUT2D eigenvalue weighted by Crippen LogP contribution is 2.43. The number of hydrogen-bond donors (Lipinski definition) is 4. The van der Waals surface area contributed by atoms with Crippen LogP contribution in [0.15, 0.2) is 178 Å². The van der Waals surface area contributed by atoms with Gasteiger partial charge in [-0.3, -0.25) is 9.59 Å². The van der Waals surface area contributed by atoms with Crippen molar-refractivity contribution >= 4 is 67.5 Å². The maximum absolute atomic E-state index is 13.3. The van der Waals surface area contributed by atoms with Crippen LogP contribution in [0.25, 0.3) is 32.7 Å². The number of nitrogens with zero attached hydrogens (tertiary/aromatic N) is 4. The fraction of sp³-hybridized carbons (Fsp3) is 0.0417. The number of aromatic hydroxyl groups is 2. The van der Waals surface area contributed by atoms with Gasteiger partial charge >= 0.3 is 0 Å². The van der Waals surface area contributed by atoms with Crippen molar-refractivity contribution in [2.75, 3.05) is 24.9 Å². The summed E-state index contributed by atoms with van der Waals surface area (Å²) >= 11 is 0. The number of phenolic OH excluding ortho intramolecular Hbond substituents is 2. The molecule has 0 aliphatic heterocycles. The zero-order valence-corrected chi connectivity index (χ0v) is 32.3. The van der Waals surface area contributed by atoms with Crippen LogP contribution in [-0.2, 0) is 0 Å². The lowest BCUT2D eigenvalue weighted by Crippen LogP contribution is -2.12. The van der Waals surface area contributed by atoms with Gasteiger partial charge in [-0.25, -0.2) is 0 Å². The summed E-state index contributed by atoms with van der Waals surface area (Å²) in [5, 5.41) is 48.8. The number of hydrogen-bond acceptors (Lipinski definition) is 10. The van der Waals surface area contributed by atoms with E-state index in [2.05, 4.69) is 31.1 Å². The molecular weight excluding hydrogens is 757 g/mol. The molecule has 0 atom stereocenters. The Bertz CT molecular complexity index is 2770. The molecule has 8 rings (SSSR count). The van der Waals surface area contributed by atoms with Gasteiger partial charge in [-0.05, 0) is 82.6 Å². The number of amides is 2. The summed E-state index contributed by atoms with van der Waals surface area (Å²) in [5.74, 6) is -0.796. The summed E-state index contributed by atoms with van der Waals surface area (Å²) < 4.78 is 11.4. The molecule has 0 aliphatic rings. The molecule has 0 spiro atoms. The second-order valence-electron chi connectivity index (χ2n) is 13.5. The van der Waals surface area contributed by atoms with E-state index >= 15 is 0 Å². The maximum atomic E-state index is 13.3. The molecule has 294 valence electrons. The standard InChI is InChI=1S/C48H36N6O6/c1-59-41-27-29(21-23-39(41)51-53-43-35-19-11-9-13-31(35)25-37(45(43)55)47(57)49-33-15-5-3-6-16-33)30-22-24-40(42(28-30)60-2)52-54-44-36-20-12-10-14-32(36)26-38(46(44)56)48(58)50-34-17-7-4-8-18-34/h3-28,55-56H,1-2H3,(H,49,57)(H,50,58)/b53-51+,54-52+. The summed E-state index contributed by atoms with van der Waals surface area (Å²) in [4.78, 5) is 26.6. The first-order chi connectivity index (χ1) is 29.3. The smallest absolute Gasteiger partial charge is 0.259 e. The Balaban J connectivity index is 1.08. The Kier molecular flexibility index (Phi) is 10.9. The minimum absolute atomic E-state index is 0.0515. The molecule has 0 bridgehead atoms. The number of azo groups is 2. The molecule has 12 nitrogen and oxygen atoms in total. The Morgan fingerprint density at radius 1 is 0.467 bits per heavy atom. The highest BCUT2D eigenvalue weighted by Gasteiger charge is 2.21. The third kappa shape index (κ3) is 7.93. The molecule has 0 fully saturated rings. The SMILES string of the molecule is COc1cc(-c2ccc(/N=N/c3c(O)c(C(=O)Nc4ccccc4)cc4ccccc34)c(OC)c2)ccc1/N=N/c1c(O)c(C(=O)Nc2ccccc2)cc2ccccc12. The lowest BCUT2D eigenvalue weighted by atomic mass is 10.0. The van der Waals surface area contributed by atoms with Crippen molar-refractivity contribution in [1.29, 1.82) is 0 Å². The lowest BCUT2D eigenvalue weighted by Gasteiger charge is -2.12. The molecule has 0 radical (unpaired) electrons. The Morgan fingerprint density at radius 3 is 1.25 bits per heavy atom. The van der Waals surface area contributed by atoms with E-state index in [0.29, 0.717) is 55.8 Å². The van der Waals surface area contributed by atoms with Gasteiger partial charge in [0.1, 0.15) is 34.2 Å². The number of rotatable bonds is 11. The number of benzene rings is 8. The van der Waals surface area contributed by atoms with E-state index in [1.807, 2.05) is 60.7 Å². The first kappa shape index (κ1) is 38.5. The van der Waals surface area contributed by atoms with Crippen LogP contribution in [0.4, 0.5) is 34.1 Å². The topological polar surface area (TPSA) is 167 Å². The summed E-state index contributed by atoms with van der Waals surface area (Å²) in [6, 6.07) is 46.5. The van der Waals surface area contributed by atoms with Crippen LogP contribution < -0.4 is 20.1 Å². The summed E-state index contributed by atoms with van der Waals surface area (Å²) in [7, 11) is 3.03. The van der Waals surface area contributed by atoms with Gasteiger partial charge in [0.15, 0.2) is 11.5 Å². The van der Waals surface area contributed by atoms with Gasteiger partial charge in [0.05, 0.1) is 25.3 Å². The predicted octanol–water partition coefficient (Wildman–Crippen LogP) is 12.4. The Hall–Kier alpha value is -8.38. The number of nitrogens with one attached hydrogen (secondary N) is 2. The van der Waals surface area contributed by atoms with Crippen molar-refractivity contribution in [3.8, 4) is 34.1 Å². The molecule has 0 unspecified atom stereocenters. The fourth-order valence-electron chi connectivity index (χ4n) is 6.71. The number of ether oxygens (including phenoxy) is 2. The largest absolute Gasteiger partial charge is 0.505 e. The normalized spacial score (nSPS) is 11.3. The van der Waals surface area contributed by atoms with Crippen LogP contribution in [-0.4, -0.2) is 36.2 Å². The van der Waals surface area contributed by atoms with E-state index in [9.17, 15) is 19.8 Å². The van der Waals surface area contributed by atoms with Crippen molar-refractivity contribution in [2.24, 2.45) is 20.5 Å². The molecule has 0 aromatic heterocycles. The molecule has 8 aromatic carbocycles. The first-order valence-corrected chi connectivity index (χ1v) is 18.7. The molecule has 4 N–H and O–H groups in total. The van der Waals surface area contributed by atoms with Gasteiger partial charge in [0.2, 0.25) is 0 Å². The van der Waals surface area contributed by atoms with E-state index < -0.39 is 11.8 Å². The molecular formula is C48H36N6O6. The third-order valence-corrected chi connectivity index (χ3v) is 9.75. The molecule has 0 aliphatic carbocycles. The maximum Gasteiger partial charge on any atom is 0.259 e. The van der Waals surface area contributed by atoms with E-state index in [1.165, 1.54) is 14.2 Å². The molecule has 60 heavy (non-hydrogen) atoms. The number of methoxy groups -OCH3 is 2. The number of anilines is 2. The lowest BCUT2D eigenvalue weighted by molar-refractivity contribution is 0.101. The highest BCUT2D eigenvalue weighted by molar-refractivity contribution is 6.13. The van der Waals surface area contributed by atoms with Crippen molar-refractivity contribution in [3.63, 3.8) is 0 Å². The van der Waals surface area contributed by atoms with Crippen molar-refractivity contribution in [1.82, 2.24) is 0 Å². The number of para-hydroxylation sites is 2. The minimum Gasteiger partial charge on any atom is -0.505 e. The summed E-state index contributed by atoms with van der Waals surface area (Å²) in [6.45, 7) is 0. The molecule has 8 aromatic rings. The zero-order chi connectivity index (χ0) is 41.6. The third-order valence-electron chi connectivity index (χ3n) is 9.75. The molecule has 0 saturated heterocycles. The number of carbonyl (C=O) groups excluding carboxylic acids is 2. The van der Waals surface area contributed by atoms with Crippen LogP contribution in [0.3, 0.4) is 0 Å². The quantitative estimate of drug-likeness (QED) is 0.0951. The minimum atomic E-state index is -0.491. The second-order valence-corrected chi connectivity index (χ2v) is 13.5. The van der Waals surface area contributed by atoms with E-state index in [1.54, 1.807) is 97.1 Å². The van der Waals surface area contributed by atoms with Crippen LogP contribution in [0, 0.1) is 0 Å². The van der Waals surface area contributed by atoms with Gasteiger partial charge in [-0.15, -0.1) is 20.5 Å². The fourth-order valence-corrected chi connectivity index (χ4v) is 6.71. The predicted molar refractivity (Wildman–Crippen MR) is 233 cm³/mol. The molecule has 0 saturated carbocycles. The van der Waals surface area contributed by atoms with Crippen LogP contribution in [0.2, 0.25) is 0 Å². The van der Waals surface area contributed by atoms with Gasteiger partial charge in [-0.2, -0.15) is 0 Å². The van der Waals surface area contributed by atoms with E-state index in [-0.39, 0.29) is 34.0 Å². The monoisotopic (exact) mass is 792 g/mol. The Morgan fingerprint density at radius 2 is 0.850 bits per heavy atom. The van der Waals surface area contributed by atoms with Crippen molar-refractivity contribution < 1.29 is 29.3 Å². The van der Waals surface area contributed by atoms with Gasteiger partial charge < -0.3 is 30.3 Å². The number of fused-ring (bicyclic) bond motifs is 2. The number of phenols is 2. The van der Waals surface area contributed by atoms with Crippen LogP contribution >= 0.6 is 0 Å². The summed E-state index contributed by atoms with van der Waals surface area (Å²) in [5.41, 5.74) is 3.84. The Labute approximate surface area is 344 Å². The van der Waals surface area contributed by atoms with E-state index in [0.717, 1.165) is 11.1 Å². The van der Waals surface area contributed by atoms with Crippen molar-refractivity contribution in [2.45, 2.75) is 0 Å². The molecule has 12 heteroatoms. The first-order valence-electron chi connectivity index (χ1n) is 18.7. The summed E-state index contributed by atoms with van der Waals surface area (Å²) in [6.07, 6.45) is 0.